The number of nitrogen functional groups attached to an aromatic ring is 1. The van der Waals surface area contributed by atoms with Crippen LogP contribution in [-0.4, -0.2) is 11.2 Å². The molecule has 0 aliphatic carbocycles. The van der Waals surface area contributed by atoms with Gasteiger partial charge >= 0.3 is 0 Å². The largest absolute Gasteiger partial charge is 0.398 e. The van der Waals surface area contributed by atoms with E-state index in [2.05, 4.69) is 4.98 Å². The number of rotatable bonds is 1. The standard InChI is InChI=1S/C10H9FN2S/c1-14-10-7(11)5-8(12)6-3-2-4-13-9(6)10/h2-5H,12H2,1H3. The van der Waals surface area contributed by atoms with E-state index < -0.39 is 0 Å². The first kappa shape index (κ1) is 9.27. The van der Waals surface area contributed by atoms with E-state index in [9.17, 15) is 4.39 Å². The van der Waals surface area contributed by atoms with Crippen LogP contribution >= 0.6 is 11.8 Å². The lowest BCUT2D eigenvalue weighted by Crippen LogP contribution is -1.93. The maximum Gasteiger partial charge on any atom is 0.141 e. The van der Waals surface area contributed by atoms with Crippen LogP contribution in [0.3, 0.4) is 0 Å². The summed E-state index contributed by atoms with van der Waals surface area (Å²) >= 11 is 1.34. The zero-order valence-corrected chi connectivity index (χ0v) is 8.44. The third-order valence-electron chi connectivity index (χ3n) is 2.04. The molecule has 0 aliphatic rings. The smallest absolute Gasteiger partial charge is 0.141 e. The molecule has 1 heterocycles. The molecule has 0 radical (unpaired) electrons. The summed E-state index contributed by atoms with van der Waals surface area (Å²) in [6.07, 6.45) is 3.46. The summed E-state index contributed by atoms with van der Waals surface area (Å²) in [6.45, 7) is 0. The van der Waals surface area contributed by atoms with Crippen molar-refractivity contribution in [1.29, 1.82) is 0 Å². The second kappa shape index (κ2) is 3.46. The minimum Gasteiger partial charge on any atom is -0.398 e. The van der Waals surface area contributed by atoms with Crippen LogP contribution in [0.15, 0.2) is 29.3 Å². The maximum absolute atomic E-state index is 13.4. The number of anilines is 1. The molecular weight excluding hydrogens is 199 g/mol. The molecule has 1 aromatic carbocycles. The van der Waals surface area contributed by atoms with Gasteiger partial charge < -0.3 is 5.73 Å². The highest BCUT2D eigenvalue weighted by atomic mass is 32.2. The van der Waals surface area contributed by atoms with E-state index in [0.29, 0.717) is 16.1 Å². The van der Waals surface area contributed by atoms with Crippen LogP contribution in [0.2, 0.25) is 0 Å². The number of hydrogen-bond acceptors (Lipinski definition) is 3. The van der Waals surface area contributed by atoms with Crippen molar-refractivity contribution < 1.29 is 4.39 Å². The molecule has 2 rings (SSSR count). The average molecular weight is 208 g/mol. The molecule has 14 heavy (non-hydrogen) atoms. The van der Waals surface area contributed by atoms with Gasteiger partial charge in [-0.25, -0.2) is 4.39 Å². The molecule has 0 amide bonds. The van der Waals surface area contributed by atoms with E-state index in [0.717, 1.165) is 5.39 Å². The Morgan fingerprint density at radius 3 is 3.00 bits per heavy atom. The summed E-state index contributed by atoms with van der Waals surface area (Å²) in [6, 6.07) is 4.98. The van der Waals surface area contributed by atoms with Crippen LogP contribution in [0.5, 0.6) is 0 Å². The topological polar surface area (TPSA) is 38.9 Å². The quantitative estimate of drug-likeness (QED) is 0.578. The summed E-state index contributed by atoms with van der Waals surface area (Å²) in [4.78, 5) is 4.68. The first-order valence-corrected chi connectivity index (χ1v) is 5.33. The number of pyridine rings is 1. The normalized spacial score (nSPS) is 10.7. The SMILES string of the molecule is CSc1c(F)cc(N)c2cccnc12. The Hall–Kier alpha value is -1.29. The molecule has 0 fully saturated rings. The number of benzene rings is 1. The fourth-order valence-electron chi connectivity index (χ4n) is 1.41. The molecular formula is C10H9FN2S. The highest BCUT2D eigenvalue weighted by molar-refractivity contribution is 7.98. The van der Waals surface area contributed by atoms with Gasteiger partial charge in [0.25, 0.3) is 0 Å². The van der Waals surface area contributed by atoms with Gasteiger partial charge in [0.1, 0.15) is 5.82 Å². The van der Waals surface area contributed by atoms with Gasteiger partial charge in [0.2, 0.25) is 0 Å². The van der Waals surface area contributed by atoms with E-state index in [1.807, 2.05) is 12.3 Å². The summed E-state index contributed by atoms with van der Waals surface area (Å²) in [5, 5.41) is 0.804. The second-order valence-corrected chi connectivity index (χ2v) is 3.70. The van der Waals surface area contributed by atoms with Crippen molar-refractivity contribution in [2.45, 2.75) is 4.90 Å². The van der Waals surface area contributed by atoms with Crippen LogP contribution in [0.1, 0.15) is 0 Å². The van der Waals surface area contributed by atoms with Crippen LogP contribution in [0.25, 0.3) is 10.9 Å². The van der Waals surface area contributed by atoms with Crippen LogP contribution in [-0.2, 0) is 0 Å². The number of nitrogens with two attached hydrogens (primary N) is 1. The predicted octanol–water partition coefficient (Wildman–Crippen LogP) is 2.68. The van der Waals surface area contributed by atoms with Crippen LogP contribution in [0.4, 0.5) is 10.1 Å². The lowest BCUT2D eigenvalue weighted by molar-refractivity contribution is 0.606. The van der Waals surface area contributed by atoms with Gasteiger partial charge in [0, 0.05) is 17.3 Å². The lowest BCUT2D eigenvalue weighted by Gasteiger charge is -2.06. The Balaban J connectivity index is 2.90. The van der Waals surface area contributed by atoms with E-state index in [1.54, 1.807) is 12.3 Å². The molecule has 0 unspecified atom stereocenters. The van der Waals surface area contributed by atoms with E-state index in [1.165, 1.54) is 17.8 Å². The van der Waals surface area contributed by atoms with Crippen molar-refractivity contribution in [3.05, 3.63) is 30.2 Å². The molecule has 72 valence electrons. The number of aromatic nitrogens is 1. The summed E-state index contributed by atoms with van der Waals surface area (Å²) in [5.41, 5.74) is 6.76. The van der Waals surface area contributed by atoms with E-state index in [4.69, 9.17) is 5.73 Å². The maximum atomic E-state index is 13.4. The minimum atomic E-state index is -0.304. The van der Waals surface area contributed by atoms with E-state index >= 15 is 0 Å². The van der Waals surface area contributed by atoms with Crippen molar-refractivity contribution in [3.63, 3.8) is 0 Å². The molecule has 4 heteroatoms. The summed E-state index contributed by atoms with van der Waals surface area (Å²) < 4.78 is 13.4. The van der Waals surface area contributed by atoms with Crippen molar-refractivity contribution in [2.75, 3.05) is 12.0 Å². The van der Waals surface area contributed by atoms with Gasteiger partial charge in [-0.05, 0) is 24.5 Å². The molecule has 2 aromatic rings. The summed E-state index contributed by atoms with van der Waals surface area (Å²) in [5.74, 6) is -0.304. The van der Waals surface area contributed by atoms with Gasteiger partial charge in [0.05, 0.1) is 10.4 Å². The molecule has 0 spiro atoms. The van der Waals surface area contributed by atoms with Gasteiger partial charge in [-0.15, -0.1) is 11.8 Å². The minimum absolute atomic E-state index is 0.304. The van der Waals surface area contributed by atoms with Crippen molar-refractivity contribution in [3.8, 4) is 0 Å². The Kier molecular flexibility index (Phi) is 2.29. The van der Waals surface area contributed by atoms with Crippen molar-refractivity contribution in [1.82, 2.24) is 4.98 Å². The second-order valence-electron chi connectivity index (χ2n) is 2.88. The number of thioether (sulfide) groups is 1. The number of fused-ring (bicyclic) bond motifs is 1. The third kappa shape index (κ3) is 1.32. The first-order valence-electron chi connectivity index (χ1n) is 4.10. The monoisotopic (exact) mass is 208 g/mol. The zero-order chi connectivity index (χ0) is 10.1. The molecule has 0 aliphatic heterocycles. The first-order chi connectivity index (χ1) is 6.74. The molecule has 0 saturated carbocycles. The lowest BCUT2D eigenvalue weighted by atomic mass is 10.2. The van der Waals surface area contributed by atoms with Crippen molar-refractivity contribution in [2.24, 2.45) is 0 Å². The number of nitrogens with zero attached hydrogens (tertiary/aromatic N) is 1. The van der Waals surface area contributed by atoms with Crippen LogP contribution in [0, 0.1) is 5.82 Å². The van der Waals surface area contributed by atoms with E-state index in [-0.39, 0.29) is 5.82 Å². The average Bonchev–Trinajstić information content (AvgIpc) is 2.18. The van der Waals surface area contributed by atoms with Crippen molar-refractivity contribution >= 4 is 28.4 Å². The Morgan fingerprint density at radius 2 is 2.29 bits per heavy atom. The third-order valence-corrected chi connectivity index (χ3v) is 2.83. The molecule has 0 atom stereocenters. The Bertz CT molecular complexity index is 485. The van der Waals surface area contributed by atoms with Gasteiger partial charge in [-0.2, -0.15) is 0 Å². The predicted molar refractivity (Wildman–Crippen MR) is 57.9 cm³/mol. The molecule has 2 nitrogen and oxygen atoms in total. The fourth-order valence-corrected chi connectivity index (χ4v) is 2.02. The Labute approximate surface area is 85.3 Å². The fraction of sp³-hybridized carbons (Fsp3) is 0.100. The number of halogens is 1. The Morgan fingerprint density at radius 1 is 1.50 bits per heavy atom. The van der Waals surface area contributed by atoms with Gasteiger partial charge in [-0.1, -0.05) is 0 Å². The highest BCUT2D eigenvalue weighted by Crippen LogP contribution is 2.31. The molecule has 1 aromatic heterocycles. The van der Waals surface area contributed by atoms with Gasteiger partial charge in [-0.3, -0.25) is 4.98 Å². The number of hydrogen-bond donors (Lipinski definition) is 1. The highest BCUT2D eigenvalue weighted by Gasteiger charge is 2.10. The molecule has 0 saturated heterocycles. The molecule has 2 N–H and O–H groups in total. The molecule has 0 bridgehead atoms. The summed E-state index contributed by atoms with van der Waals surface area (Å²) in [7, 11) is 0. The van der Waals surface area contributed by atoms with Gasteiger partial charge in [0.15, 0.2) is 0 Å². The van der Waals surface area contributed by atoms with Crippen LogP contribution < -0.4 is 5.73 Å². The zero-order valence-electron chi connectivity index (χ0n) is 7.62.